The molecule has 0 saturated carbocycles. The first-order chi connectivity index (χ1) is 14.8. The quantitative estimate of drug-likeness (QED) is 0.700. The molecule has 11 heteroatoms. The van der Waals surface area contributed by atoms with Crippen molar-refractivity contribution in [1.82, 2.24) is 19.8 Å². The van der Waals surface area contributed by atoms with Crippen molar-refractivity contribution in [2.45, 2.75) is 32.5 Å². The van der Waals surface area contributed by atoms with Gasteiger partial charge in [0, 0.05) is 13.1 Å². The predicted octanol–water partition coefficient (Wildman–Crippen LogP) is 0.210. The van der Waals surface area contributed by atoms with Crippen LogP contribution in [0.2, 0.25) is 0 Å². The fraction of sp³-hybridized carbons (Fsp3) is 0.500. The molecule has 0 radical (unpaired) electrons. The highest BCUT2D eigenvalue weighted by molar-refractivity contribution is 5.94. The lowest BCUT2D eigenvalue weighted by Crippen LogP contribution is -2.42. The standard InChI is InChI=1S/C20H24N4O7/c1-20(2)19-22-14(15(25)18(28)24(19)7-10-30-20)16(26)21-11-12-3-4-13(31-12)17(27)23-5-8-29-9-6-23/h3-4,25H,5-11H2,1-2H3,(H,21,26). The molecule has 2 aliphatic heterocycles. The van der Waals surface area contributed by atoms with E-state index in [4.69, 9.17) is 13.9 Å². The minimum absolute atomic E-state index is 0.0470. The summed E-state index contributed by atoms with van der Waals surface area (Å²) in [5, 5.41) is 12.8. The molecule has 2 aromatic rings. The lowest BCUT2D eigenvalue weighted by atomic mass is 10.1. The van der Waals surface area contributed by atoms with Crippen LogP contribution in [0, 0.1) is 0 Å². The van der Waals surface area contributed by atoms with Crippen LogP contribution in [-0.2, 0) is 28.2 Å². The number of aromatic hydroxyl groups is 1. The molecule has 0 atom stereocenters. The second kappa shape index (κ2) is 8.16. The minimum Gasteiger partial charge on any atom is -0.501 e. The average Bonchev–Trinajstić information content (AvgIpc) is 3.23. The van der Waals surface area contributed by atoms with Gasteiger partial charge in [0.05, 0.1) is 32.9 Å². The third-order valence-electron chi connectivity index (χ3n) is 5.27. The van der Waals surface area contributed by atoms with Gasteiger partial charge in [0.2, 0.25) is 5.75 Å². The Kier molecular flexibility index (Phi) is 5.54. The number of furan rings is 1. The number of hydrogen-bond donors (Lipinski definition) is 2. The molecular weight excluding hydrogens is 408 g/mol. The van der Waals surface area contributed by atoms with Crippen molar-refractivity contribution < 1.29 is 28.6 Å². The molecule has 4 rings (SSSR count). The highest BCUT2D eigenvalue weighted by atomic mass is 16.5. The first-order valence-electron chi connectivity index (χ1n) is 10.00. The van der Waals surface area contributed by atoms with Crippen LogP contribution in [0.1, 0.15) is 46.5 Å². The monoisotopic (exact) mass is 432 g/mol. The molecule has 0 aromatic carbocycles. The molecule has 0 unspecified atom stereocenters. The second-order valence-corrected chi connectivity index (χ2v) is 7.80. The van der Waals surface area contributed by atoms with Gasteiger partial charge in [-0.3, -0.25) is 19.0 Å². The van der Waals surface area contributed by atoms with Crippen LogP contribution in [0.4, 0.5) is 0 Å². The number of morpholine rings is 1. The lowest BCUT2D eigenvalue weighted by molar-refractivity contribution is -0.0566. The van der Waals surface area contributed by atoms with Crippen molar-refractivity contribution in [3.63, 3.8) is 0 Å². The number of carbonyl (C=O) groups is 2. The van der Waals surface area contributed by atoms with E-state index >= 15 is 0 Å². The molecule has 2 amide bonds. The van der Waals surface area contributed by atoms with Crippen molar-refractivity contribution in [3.8, 4) is 5.75 Å². The van der Waals surface area contributed by atoms with E-state index in [2.05, 4.69) is 10.3 Å². The summed E-state index contributed by atoms with van der Waals surface area (Å²) in [6, 6.07) is 3.13. The largest absolute Gasteiger partial charge is 0.501 e. The molecule has 2 aliphatic rings. The van der Waals surface area contributed by atoms with E-state index in [0.29, 0.717) is 38.7 Å². The lowest BCUT2D eigenvalue weighted by Gasteiger charge is -2.32. The summed E-state index contributed by atoms with van der Waals surface area (Å²) in [5.41, 5.74) is -1.95. The van der Waals surface area contributed by atoms with Crippen molar-refractivity contribution in [3.05, 3.63) is 45.5 Å². The molecule has 2 N–H and O–H groups in total. The van der Waals surface area contributed by atoms with Gasteiger partial charge in [-0.1, -0.05) is 0 Å². The molecule has 0 bridgehead atoms. The van der Waals surface area contributed by atoms with Crippen LogP contribution in [0.15, 0.2) is 21.3 Å². The van der Waals surface area contributed by atoms with Crippen LogP contribution < -0.4 is 10.9 Å². The van der Waals surface area contributed by atoms with Crippen LogP contribution in [0.25, 0.3) is 0 Å². The average molecular weight is 432 g/mol. The van der Waals surface area contributed by atoms with Crippen molar-refractivity contribution in [2.75, 3.05) is 32.9 Å². The number of amides is 2. The molecule has 166 valence electrons. The summed E-state index contributed by atoms with van der Waals surface area (Å²) >= 11 is 0. The number of fused-ring (bicyclic) bond motifs is 1. The zero-order valence-electron chi connectivity index (χ0n) is 17.3. The van der Waals surface area contributed by atoms with E-state index < -0.39 is 22.8 Å². The van der Waals surface area contributed by atoms with Gasteiger partial charge in [-0.05, 0) is 26.0 Å². The van der Waals surface area contributed by atoms with E-state index in [0.717, 1.165) is 0 Å². The van der Waals surface area contributed by atoms with Crippen molar-refractivity contribution in [2.24, 2.45) is 0 Å². The summed E-state index contributed by atoms with van der Waals surface area (Å²) in [4.78, 5) is 43.4. The van der Waals surface area contributed by atoms with Crippen LogP contribution in [-0.4, -0.2) is 64.3 Å². The smallest absolute Gasteiger partial charge is 0.296 e. The number of ether oxygens (including phenoxy) is 2. The van der Waals surface area contributed by atoms with Crippen LogP contribution >= 0.6 is 0 Å². The normalized spacial score (nSPS) is 17.8. The molecule has 0 spiro atoms. The van der Waals surface area contributed by atoms with Gasteiger partial charge in [-0.25, -0.2) is 4.98 Å². The molecule has 0 aliphatic carbocycles. The fourth-order valence-corrected chi connectivity index (χ4v) is 3.59. The van der Waals surface area contributed by atoms with Gasteiger partial charge < -0.3 is 29.2 Å². The Morgan fingerprint density at radius 3 is 2.68 bits per heavy atom. The number of carbonyl (C=O) groups excluding carboxylic acids is 2. The van der Waals surface area contributed by atoms with Crippen molar-refractivity contribution in [1.29, 1.82) is 0 Å². The topological polar surface area (TPSA) is 136 Å². The van der Waals surface area contributed by atoms with E-state index in [-0.39, 0.29) is 36.3 Å². The summed E-state index contributed by atoms with van der Waals surface area (Å²) < 4.78 is 17.7. The van der Waals surface area contributed by atoms with E-state index in [1.165, 1.54) is 4.57 Å². The number of nitrogens with one attached hydrogen (secondary N) is 1. The van der Waals surface area contributed by atoms with Gasteiger partial charge in [0.1, 0.15) is 17.2 Å². The maximum atomic E-state index is 12.6. The molecule has 31 heavy (non-hydrogen) atoms. The molecule has 1 saturated heterocycles. The Bertz CT molecular complexity index is 1070. The third-order valence-corrected chi connectivity index (χ3v) is 5.27. The summed E-state index contributed by atoms with van der Waals surface area (Å²) in [5.74, 6) is -0.924. The Labute approximate surface area is 177 Å². The van der Waals surface area contributed by atoms with E-state index in [1.807, 2.05) is 0 Å². The Balaban J connectivity index is 1.47. The van der Waals surface area contributed by atoms with Crippen molar-refractivity contribution >= 4 is 11.8 Å². The number of aromatic nitrogens is 2. The van der Waals surface area contributed by atoms with E-state index in [1.54, 1.807) is 30.9 Å². The summed E-state index contributed by atoms with van der Waals surface area (Å²) in [7, 11) is 0. The van der Waals surface area contributed by atoms with Gasteiger partial charge in [0.25, 0.3) is 17.4 Å². The maximum Gasteiger partial charge on any atom is 0.296 e. The van der Waals surface area contributed by atoms with Gasteiger partial charge in [-0.2, -0.15) is 0 Å². The molecular formula is C20H24N4O7. The van der Waals surface area contributed by atoms with Gasteiger partial charge >= 0.3 is 0 Å². The molecule has 1 fully saturated rings. The minimum atomic E-state index is -0.879. The van der Waals surface area contributed by atoms with E-state index in [9.17, 15) is 19.5 Å². The Morgan fingerprint density at radius 2 is 1.94 bits per heavy atom. The second-order valence-electron chi connectivity index (χ2n) is 7.80. The van der Waals surface area contributed by atoms with Crippen LogP contribution in [0.3, 0.4) is 0 Å². The Hall–Kier alpha value is -3.18. The molecule has 2 aromatic heterocycles. The predicted molar refractivity (Wildman–Crippen MR) is 106 cm³/mol. The zero-order valence-corrected chi connectivity index (χ0v) is 17.3. The fourth-order valence-electron chi connectivity index (χ4n) is 3.59. The number of nitrogens with zero attached hydrogens (tertiary/aromatic N) is 3. The van der Waals surface area contributed by atoms with Gasteiger partial charge in [0.15, 0.2) is 11.5 Å². The Morgan fingerprint density at radius 1 is 1.19 bits per heavy atom. The molecule has 4 heterocycles. The zero-order chi connectivity index (χ0) is 22.2. The third kappa shape index (κ3) is 4.06. The summed E-state index contributed by atoms with van der Waals surface area (Å²) in [6.07, 6.45) is 0. The number of hydrogen-bond acceptors (Lipinski definition) is 8. The first kappa shape index (κ1) is 21.1. The van der Waals surface area contributed by atoms with Crippen LogP contribution in [0.5, 0.6) is 5.75 Å². The molecule has 11 nitrogen and oxygen atoms in total. The first-order valence-corrected chi connectivity index (χ1v) is 10.00. The summed E-state index contributed by atoms with van der Waals surface area (Å²) in [6.45, 7) is 5.91. The SMILES string of the molecule is CC1(C)OCCn2c1nc(C(=O)NCc1ccc(C(=O)N3CCOCC3)o1)c(O)c2=O. The van der Waals surface area contributed by atoms with Gasteiger partial charge in [-0.15, -0.1) is 0 Å². The highest BCUT2D eigenvalue weighted by Gasteiger charge is 2.34. The highest BCUT2D eigenvalue weighted by Crippen LogP contribution is 2.27. The maximum absolute atomic E-state index is 12.6. The number of rotatable bonds is 4.